The standard InChI is InChI=1S/C14H19ClN2O2/c1-14(2,3)7-8-16-13(18)17-10-5-6-12(19-4)11(15)9-10/h5-9H,1-4H3,(H2,16,17,18)/b8-7+. The SMILES string of the molecule is COc1ccc(NC(=O)N/C=C/C(C)(C)C)cc1Cl. The molecule has 0 bridgehead atoms. The van der Waals surface area contributed by atoms with Crippen LogP contribution in [0.4, 0.5) is 10.5 Å². The number of rotatable bonds is 3. The van der Waals surface area contributed by atoms with Crippen molar-refractivity contribution < 1.29 is 9.53 Å². The Balaban J connectivity index is 2.58. The molecule has 19 heavy (non-hydrogen) atoms. The summed E-state index contributed by atoms with van der Waals surface area (Å²) in [4.78, 5) is 11.6. The van der Waals surface area contributed by atoms with Gasteiger partial charge >= 0.3 is 6.03 Å². The molecule has 0 aromatic heterocycles. The molecule has 0 atom stereocenters. The van der Waals surface area contributed by atoms with Gasteiger partial charge in [-0.2, -0.15) is 0 Å². The van der Waals surface area contributed by atoms with Crippen LogP contribution in [0, 0.1) is 5.41 Å². The van der Waals surface area contributed by atoms with Crippen molar-refractivity contribution in [2.45, 2.75) is 20.8 Å². The largest absolute Gasteiger partial charge is 0.495 e. The van der Waals surface area contributed by atoms with E-state index in [2.05, 4.69) is 10.6 Å². The normalized spacial score (nSPS) is 11.4. The van der Waals surface area contributed by atoms with Gasteiger partial charge in [0.25, 0.3) is 0 Å². The Kier molecular flexibility index (Phi) is 5.24. The van der Waals surface area contributed by atoms with E-state index in [0.717, 1.165) is 0 Å². The van der Waals surface area contributed by atoms with Crippen LogP contribution < -0.4 is 15.4 Å². The maximum atomic E-state index is 11.6. The van der Waals surface area contributed by atoms with Crippen LogP contribution in [0.2, 0.25) is 5.02 Å². The summed E-state index contributed by atoms with van der Waals surface area (Å²) < 4.78 is 5.04. The van der Waals surface area contributed by atoms with Crippen LogP contribution in [0.1, 0.15) is 20.8 Å². The number of methoxy groups -OCH3 is 1. The fourth-order valence-electron chi connectivity index (χ4n) is 1.28. The summed E-state index contributed by atoms with van der Waals surface area (Å²) >= 11 is 5.97. The van der Waals surface area contributed by atoms with Crippen molar-refractivity contribution in [3.63, 3.8) is 0 Å². The van der Waals surface area contributed by atoms with E-state index in [1.54, 1.807) is 24.4 Å². The van der Waals surface area contributed by atoms with Crippen LogP contribution in [0.5, 0.6) is 5.75 Å². The van der Waals surface area contributed by atoms with Gasteiger partial charge in [0.15, 0.2) is 0 Å². The van der Waals surface area contributed by atoms with Crippen LogP contribution in [0.25, 0.3) is 0 Å². The lowest BCUT2D eigenvalue weighted by molar-refractivity contribution is 0.255. The number of halogens is 1. The Hall–Kier alpha value is -1.68. The predicted molar refractivity (Wildman–Crippen MR) is 78.8 cm³/mol. The molecule has 1 aromatic rings. The minimum atomic E-state index is -0.318. The molecule has 0 saturated heterocycles. The maximum Gasteiger partial charge on any atom is 0.323 e. The third-order valence-corrected chi connectivity index (χ3v) is 2.50. The van der Waals surface area contributed by atoms with Gasteiger partial charge in [-0.15, -0.1) is 0 Å². The van der Waals surface area contributed by atoms with E-state index in [1.807, 2.05) is 26.8 Å². The van der Waals surface area contributed by atoms with E-state index in [0.29, 0.717) is 16.5 Å². The molecule has 0 aliphatic carbocycles. The number of carbonyl (C=O) groups excluding carboxylic acids is 1. The first-order chi connectivity index (χ1) is 8.81. The third kappa shape index (κ3) is 5.66. The minimum absolute atomic E-state index is 0.0245. The van der Waals surface area contributed by atoms with Crippen LogP contribution in [-0.4, -0.2) is 13.1 Å². The number of anilines is 1. The number of carbonyl (C=O) groups is 1. The summed E-state index contributed by atoms with van der Waals surface area (Å²) in [6, 6.07) is 4.73. The fourth-order valence-corrected chi connectivity index (χ4v) is 1.54. The fraction of sp³-hybridized carbons (Fsp3) is 0.357. The van der Waals surface area contributed by atoms with Crippen molar-refractivity contribution in [1.82, 2.24) is 5.32 Å². The lowest BCUT2D eigenvalue weighted by atomic mass is 9.97. The van der Waals surface area contributed by atoms with Gasteiger partial charge in [-0.05, 0) is 23.6 Å². The zero-order valence-corrected chi connectivity index (χ0v) is 12.3. The number of nitrogens with one attached hydrogen (secondary N) is 2. The zero-order valence-electron chi connectivity index (χ0n) is 11.6. The highest BCUT2D eigenvalue weighted by Gasteiger charge is 2.06. The highest BCUT2D eigenvalue weighted by molar-refractivity contribution is 6.32. The Morgan fingerprint density at radius 3 is 2.58 bits per heavy atom. The van der Waals surface area contributed by atoms with Crippen molar-refractivity contribution >= 4 is 23.3 Å². The molecule has 0 aliphatic rings. The van der Waals surface area contributed by atoms with Crippen LogP contribution in [-0.2, 0) is 0 Å². The molecule has 104 valence electrons. The van der Waals surface area contributed by atoms with Crippen molar-refractivity contribution in [2.24, 2.45) is 5.41 Å². The van der Waals surface area contributed by atoms with Crippen molar-refractivity contribution in [1.29, 1.82) is 0 Å². The van der Waals surface area contributed by atoms with Gasteiger partial charge in [-0.1, -0.05) is 38.4 Å². The third-order valence-electron chi connectivity index (χ3n) is 2.21. The highest BCUT2D eigenvalue weighted by Crippen LogP contribution is 2.27. The van der Waals surface area contributed by atoms with Crippen molar-refractivity contribution in [3.05, 3.63) is 35.5 Å². The van der Waals surface area contributed by atoms with Gasteiger partial charge in [0.05, 0.1) is 12.1 Å². The first-order valence-electron chi connectivity index (χ1n) is 5.90. The second-order valence-electron chi connectivity index (χ2n) is 5.15. The number of benzene rings is 1. The van der Waals surface area contributed by atoms with Gasteiger partial charge in [0, 0.05) is 11.9 Å². The predicted octanol–water partition coefficient (Wildman–Crippen LogP) is 4.03. The Morgan fingerprint density at radius 1 is 1.37 bits per heavy atom. The summed E-state index contributed by atoms with van der Waals surface area (Å²) in [5.74, 6) is 0.570. The molecule has 1 aromatic carbocycles. The number of allylic oxidation sites excluding steroid dienone is 1. The monoisotopic (exact) mass is 282 g/mol. The molecule has 1 rings (SSSR count). The van der Waals surface area contributed by atoms with E-state index in [4.69, 9.17) is 16.3 Å². The average molecular weight is 283 g/mol. The zero-order chi connectivity index (χ0) is 14.5. The summed E-state index contributed by atoms with van der Waals surface area (Å²) in [5.41, 5.74) is 0.629. The van der Waals surface area contributed by atoms with Gasteiger partial charge in [0.2, 0.25) is 0 Å². The first kappa shape index (κ1) is 15.4. The second kappa shape index (κ2) is 6.48. The molecule has 0 saturated carbocycles. The second-order valence-corrected chi connectivity index (χ2v) is 5.55. The van der Waals surface area contributed by atoms with E-state index < -0.39 is 0 Å². The molecule has 0 fully saturated rings. The molecule has 0 heterocycles. The van der Waals surface area contributed by atoms with E-state index in [-0.39, 0.29) is 11.4 Å². The van der Waals surface area contributed by atoms with E-state index in [9.17, 15) is 4.79 Å². The smallest absolute Gasteiger partial charge is 0.323 e. The Labute approximate surface area is 118 Å². The molecular weight excluding hydrogens is 264 g/mol. The lowest BCUT2D eigenvalue weighted by Gasteiger charge is -2.11. The Morgan fingerprint density at radius 2 is 2.05 bits per heavy atom. The molecule has 0 radical (unpaired) electrons. The molecule has 0 spiro atoms. The molecule has 0 unspecified atom stereocenters. The van der Waals surface area contributed by atoms with Gasteiger partial charge < -0.3 is 15.4 Å². The molecule has 4 nitrogen and oxygen atoms in total. The summed E-state index contributed by atoms with van der Waals surface area (Å²) in [6.07, 6.45) is 3.54. The molecule has 2 N–H and O–H groups in total. The van der Waals surface area contributed by atoms with E-state index in [1.165, 1.54) is 7.11 Å². The van der Waals surface area contributed by atoms with Crippen molar-refractivity contribution in [2.75, 3.05) is 12.4 Å². The highest BCUT2D eigenvalue weighted by atomic mass is 35.5. The Bertz CT molecular complexity index is 479. The quantitative estimate of drug-likeness (QED) is 0.879. The van der Waals surface area contributed by atoms with Crippen LogP contribution >= 0.6 is 11.6 Å². The van der Waals surface area contributed by atoms with Crippen molar-refractivity contribution in [3.8, 4) is 5.75 Å². The number of urea groups is 1. The average Bonchev–Trinajstić information content (AvgIpc) is 2.27. The molecule has 2 amide bonds. The number of amides is 2. The number of ether oxygens (including phenoxy) is 1. The first-order valence-corrected chi connectivity index (χ1v) is 6.28. The summed E-state index contributed by atoms with van der Waals surface area (Å²) in [7, 11) is 1.54. The number of hydrogen-bond acceptors (Lipinski definition) is 2. The molecule has 0 aliphatic heterocycles. The van der Waals surface area contributed by atoms with E-state index >= 15 is 0 Å². The van der Waals surface area contributed by atoms with Crippen LogP contribution in [0.15, 0.2) is 30.5 Å². The lowest BCUT2D eigenvalue weighted by Crippen LogP contribution is -2.24. The number of hydrogen-bond donors (Lipinski definition) is 2. The van der Waals surface area contributed by atoms with Gasteiger partial charge in [-0.25, -0.2) is 4.79 Å². The topological polar surface area (TPSA) is 50.4 Å². The molecular formula is C14H19ClN2O2. The summed E-state index contributed by atoms with van der Waals surface area (Å²) in [5, 5.41) is 5.76. The van der Waals surface area contributed by atoms with Gasteiger partial charge in [0.1, 0.15) is 5.75 Å². The summed E-state index contributed by atoms with van der Waals surface area (Å²) in [6.45, 7) is 6.14. The van der Waals surface area contributed by atoms with Gasteiger partial charge in [-0.3, -0.25) is 0 Å². The maximum absolute atomic E-state index is 11.6. The molecule has 5 heteroatoms. The minimum Gasteiger partial charge on any atom is -0.495 e. The van der Waals surface area contributed by atoms with Crippen LogP contribution in [0.3, 0.4) is 0 Å².